The number of hydrogen-bond donors (Lipinski definition) is 2. The fourth-order valence-corrected chi connectivity index (χ4v) is 3.43. The summed E-state index contributed by atoms with van der Waals surface area (Å²) in [6, 6.07) is 5.85. The molecule has 0 saturated carbocycles. The van der Waals surface area contributed by atoms with Crippen LogP contribution < -0.4 is 15.4 Å². The first-order valence-electron chi connectivity index (χ1n) is 10.9. The average Bonchev–Trinajstić information content (AvgIpc) is 3.33. The Morgan fingerprint density at radius 3 is 2.77 bits per heavy atom. The van der Waals surface area contributed by atoms with Gasteiger partial charge >= 0.3 is 6.61 Å². The van der Waals surface area contributed by atoms with E-state index in [9.17, 15) is 18.4 Å². The predicted molar refractivity (Wildman–Crippen MR) is 119 cm³/mol. The van der Waals surface area contributed by atoms with Gasteiger partial charge in [-0.15, -0.1) is 10.2 Å². The Labute approximate surface area is 198 Å². The van der Waals surface area contributed by atoms with Crippen molar-refractivity contribution in [1.29, 1.82) is 0 Å². The number of carbonyl (C=O) groups is 2. The van der Waals surface area contributed by atoms with Crippen LogP contribution in [0.15, 0.2) is 74.7 Å². The number of amides is 2. The van der Waals surface area contributed by atoms with E-state index >= 15 is 0 Å². The molecule has 2 aliphatic rings. The molecule has 0 saturated heterocycles. The summed E-state index contributed by atoms with van der Waals surface area (Å²) in [7, 11) is 0. The number of nitrogens with one attached hydrogen (secondary N) is 2. The van der Waals surface area contributed by atoms with Crippen molar-refractivity contribution in [3.63, 3.8) is 0 Å². The summed E-state index contributed by atoms with van der Waals surface area (Å²) in [5, 5.41) is 17.4. The number of aryl methyl sites for hydroxylation is 1. The molecule has 12 heteroatoms. The SMILES string of the molecule is O=C(CCc1nc(-c2ccc(OC(F)F)cc2)no1)NCCCNC1=C2C=CC=CC2C(=O)N=N1. The van der Waals surface area contributed by atoms with Gasteiger partial charge in [-0.3, -0.25) is 9.59 Å². The van der Waals surface area contributed by atoms with Crippen LogP contribution in [0.25, 0.3) is 11.4 Å². The Kier molecular flexibility index (Phi) is 7.70. The molecule has 1 aromatic heterocycles. The first-order valence-corrected chi connectivity index (χ1v) is 10.9. The summed E-state index contributed by atoms with van der Waals surface area (Å²) < 4.78 is 33.9. The number of alkyl halides is 2. The van der Waals surface area contributed by atoms with Gasteiger partial charge in [-0.05, 0) is 30.7 Å². The van der Waals surface area contributed by atoms with Crippen molar-refractivity contribution in [3.8, 4) is 17.1 Å². The molecule has 0 radical (unpaired) electrons. The number of benzene rings is 1. The Balaban J connectivity index is 1.16. The van der Waals surface area contributed by atoms with E-state index in [0.717, 1.165) is 5.57 Å². The quantitative estimate of drug-likeness (QED) is 0.468. The standard InChI is InChI=1S/C23H22F2N6O4/c24-23(25)34-15-8-6-14(7-9-15)20-28-19(35-31-20)11-10-18(32)26-12-3-13-27-21-16-4-1-2-5-17(16)22(33)30-29-21/h1-2,4-9,17,23,27H,3,10-13H2,(H,26,32). The van der Waals surface area contributed by atoms with Gasteiger partial charge in [-0.2, -0.15) is 13.8 Å². The van der Waals surface area contributed by atoms with Crippen LogP contribution >= 0.6 is 0 Å². The molecule has 1 unspecified atom stereocenters. The minimum Gasteiger partial charge on any atom is -0.435 e. The van der Waals surface area contributed by atoms with Crippen LogP contribution in [0.2, 0.25) is 0 Å². The average molecular weight is 484 g/mol. The lowest BCUT2D eigenvalue weighted by atomic mass is 9.93. The third-order valence-corrected chi connectivity index (χ3v) is 5.15. The second-order valence-electron chi connectivity index (χ2n) is 7.61. The molecular weight excluding hydrogens is 462 g/mol. The zero-order valence-corrected chi connectivity index (χ0v) is 18.5. The van der Waals surface area contributed by atoms with Gasteiger partial charge in [0.15, 0.2) is 5.82 Å². The van der Waals surface area contributed by atoms with Crippen molar-refractivity contribution in [3.05, 3.63) is 65.9 Å². The van der Waals surface area contributed by atoms with Crippen LogP contribution in [0.3, 0.4) is 0 Å². The molecule has 1 aliphatic heterocycles. The van der Waals surface area contributed by atoms with Gasteiger partial charge in [0.25, 0.3) is 5.91 Å². The van der Waals surface area contributed by atoms with Gasteiger partial charge < -0.3 is 19.9 Å². The van der Waals surface area contributed by atoms with Gasteiger partial charge in [0, 0.05) is 37.1 Å². The Morgan fingerprint density at radius 1 is 1.14 bits per heavy atom. The van der Waals surface area contributed by atoms with Gasteiger partial charge in [0.05, 0.1) is 5.92 Å². The summed E-state index contributed by atoms with van der Waals surface area (Å²) >= 11 is 0. The van der Waals surface area contributed by atoms with E-state index in [2.05, 4.69) is 35.7 Å². The molecule has 10 nitrogen and oxygen atoms in total. The second kappa shape index (κ2) is 11.3. The molecule has 1 atom stereocenters. The van der Waals surface area contributed by atoms with Crippen LogP contribution in [-0.4, -0.2) is 41.7 Å². The highest BCUT2D eigenvalue weighted by Crippen LogP contribution is 2.27. The van der Waals surface area contributed by atoms with E-state index in [1.54, 1.807) is 12.2 Å². The largest absolute Gasteiger partial charge is 0.435 e. The zero-order chi connectivity index (χ0) is 24.6. The van der Waals surface area contributed by atoms with Gasteiger partial charge in [0.1, 0.15) is 5.75 Å². The van der Waals surface area contributed by atoms with Crippen molar-refractivity contribution in [1.82, 2.24) is 20.8 Å². The van der Waals surface area contributed by atoms with Gasteiger partial charge in [-0.1, -0.05) is 29.5 Å². The zero-order valence-electron chi connectivity index (χ0n) is 18.5. The number of nitrogens with zero attached hydrogens (tertiary/aromatic N) is 4. The fraction of sp³-hybridized carbons (Fsp3) is 0.304. The van der Waals surface area contributed by atoms with Crippen molar-refractivity contribution in [2.24, 2.45) is 16.1 Å². The lowest BCUT2D eigenvalue weighted by molar-refractivity contribution is -0.121. The summed E-state index contributed by atoms with van der Waals surface area (Å²) in [6.45, 7) is -1.90. The minimum atomic E-state index is -2.90. The number of hydrogen-bond acceptors (Lipinski definition) is 8. The fourth-order valence-electron chi connectivity index (χ4n) is 3.43. The molecular formula is C23H22F2N6O4. The van der Waals surface area contributed by atoms with Crippen LogP contribution in [0.5, 0.6) is 5.75 Å². The number of halogens is 2. The molecule has 1 aliphatic carbocycles. The Morgan fingerprint density at radius 2 is 1.97 bits per heavy atom. The van der Waals surface area contributed by atoms with Crippen molar-refractivity contribution in [2.45, 2.75) is 25.9 Å². The van der Waals surface area contributed by atoms with Gasteiger partial charge in [-0.25, -0.2) is 0 Å². The molecule has 2 heterocycles. The molecule has 0 bridgehead atoms. The van der Waals surface area contributed by atoms with E-state index in [-0.39, 0.29) is 36.2 Å². The molecule has 35 heavy (non-hydrogen) atoms. The maximum atomic E-state index is 12.2. The summed E-state index contributed by atoms with van der Waals surface area (Å²) in [5.41, 5.74) is 1.36. The van der Waals surface area contributed by atoms with Crippen LogP contribution in [0, 0.1) is 5.92 Å². The maximum Gasteiger partial charge on any atom is 0.387 e. The maximum absolute atomic E-state index is 12.2. The van der Waals surface area contributed by atoms with E-state index in [1.165, 1.54) is 24.3 Å². The molecule has 2 amide bonds. The molecule has 1 aromatic carbocycles. The smallest absolute Gasteiger partial charge is 0.387 e. The first-order chi connectivity index (χ1) is 17.0. The Hall–Kier alpha value is -4.22. The number of aromatic nitrogens is 2. The van der Waals surface area contributed by atoms with Crippen molar-refractivity contribution >= 4 is 11.8 Å². The molecule has 2 N–H and O–H groups in total. The normalized spacial score (nSPS) is 16.5. The molecule has 4 rings (SSSR count). The van der Waals surface area contributed by atoms with Crippen molar-refractivity contribution < 1.29 is 27.6 Å². The summed E-state index contributed by atoms with van der Waals surface area (Å²) in [4.78, 5) is 28.2. The molecule has 0 fully saturated rings. The number of ether oxygens (including phenoxy) is 1. The minimum absolute atomic E-state index is 0.0297. The third-order valence-electron chi connectivity index (χ3n) is 5.15. The summed E-state index contributed by atoms with van der Waals surface area (Å²) in [6.07, 6.45) is 8.34. The number of carbonyl (C=O) groups excluding carboxylic acids is 2. The number of rotatable bonds is 11. The van der Waals surface area contributed by atoms with Gasteiger partial charge in [0.2, 0.25) is 17.6 Å². The molecule has 2 aromatic rings. The monoisotopic (exact) mass is 484 g/mol. The van der Waals surface area contributed by atoms with Crippen molar-refractivity contribution in [2.75, 3.05) is 13.1 Å². The topological polar surface area (TPSA) is 131 Å². The van der Waals surface area contributed by atoms with E-state index in [1.807, 2.05) is 12.2 Å². The van der Waals surface area contributed by atoms with Crippen LogP contribution in [0.1, 0.15) is 18.7 Å². The van der Waals surface area contributed by atoms with E-state index in [4.69, 9.17) is 4.52 Å². The van der Waals surface area contributed by atoms with Crippen LogP contribution in [-0.2, 0) is 16.0 Å². The third kappa shape index (κ3) is 6.43. The number of allylic oxidation sites excluding steroid dienone is 3. The molecule has 0 spiro atoms. The highest BCUT2D eigenvalue weighted by molar-refractivity contribution is 5.86. The highest BCUT2D eigenvalue weighted by atomic mass is 19.3. The highest BCUT2D eigenvalue weighted by Gasteiger charge is 2.26. The van der Waals surface area contributed by atoms with E-state index in [0.29, 0.717) is 36.8 Å². The number of azo groups is 1. The lowest BCUT2D eigenvalue weighted by Crippen LogP contribution is -2.28. The lowest BCUT2D eigenvalue weighted by Gasteiger charge is -2.20. The Bertz CT molecular complexity index is 1190. The van der Waals surface area contributed by atoms with E-state index < -0.39 is 12.5 Å². The molecule has 182 valence electrons. The van der Waals surface area contributed by atoms with Crippen LogP contribution in [0.4, 0.5) is 8.78 Å². The second-order valence-corrected chi connectivity index (χ2v) is 7.61. The summed E-state index contributed by atoms with van der Waals surface area (Å²) in [5.74, 6) is 0.320. The predicted octanol–water partition coefficient (Wildman–Crippen LogP) is 3.31. The first kappa shape index (κ1) is 23.9. The number of fused-ring (bicyclic) bond motifs is 1.